The molecule has 0 saturated carbocycles. The van der Waals surface area contributed by atoms with Gasteiger partial charge >= 0.3 is 0 Å². The molecule has 0 bridgehead atoms. The van der Waals surface area contributed by atoms with Crippen LogP contribution in [0, 0.1) is 0 Å². The average Bonchev–Trinajstić information content (AvgIpc) is 2.01. The van der Waals surface area contributed by atoms with E-state index in [4.69, 9.17) is 23.0 Å². The van der Waals surface area contributed by atoms with Crippen molar-refractivity contribution in [1.82, 2.24) is 0 Å². The van der Waals surface area contributed by atoms with E-state index in [-0.39, 0.29) is 10.6 Å². The quantitative estimate of drug-likeness (QED) is 0.474. The van der Waals surface area contributed by atoms with Gasteiger partial charge in [0.1, 0.15) is 5.75 Å². The van der Waals surface area contributed by atoms with Gasteiger partial charge in [-0.15, -0.1) is 0 Å². The topological polar surface area (TPSA) is 135 Å². The minimum atomic E-state index is -4.13. The molecule has 0 aromatic heterocycles. The second-order valence-corrected chi connectivity index (χ2v) is 4.04. The third-order valence-electron chi connectivity index (χ3n) is 1.13. The third-order valence-corrected chi connectivity index (χ3v) is 2.00. The molecule has 1 unspecified atom stereocenters. The molecule has 0 aliphatic rings. The fraction of sp³-hybridized carbons (Fsp3) is 0. The van der Waals surface area contributed by atoms with E-state index in [1.54, 1.807) is 0 Å². The highest BCUT2D eigenvalue weighted by atomic mass is 32.2. The van der Waals surface area contributed by atoms with Gasteiger partial charge in [-0.3, -0.25) is 4.55 Å². The molecule has 0 radical (unpaired) electrons. The van der Waals surface area contributed by atoms with E-state index in [2.05, 4.69) is 0 Å². The zero-order chi connectivity index (χ0) is 12.1. The Balaban J connectivity index is 0.000000423. The number of hydrogen-bond acceptors (Lipinski definition) is 5. The maximum atomic E-state index is 10.4. The summed E-state index contributed by atoms with van der Waals surface area (Å²) in [6.45, 7) is 0. The van der Waals surface area contributed by atoms with Crippen LogP contribution in [0.15, 0.2) is 29.2 Å². The van der Waals surface area contributed by atoms with Crippen LogP contribution in [0.5, 0.6) is 5.75 Å². The van der Waals surface area contributed by atoms with Gasteiger partial charge < -0.3 is 14.2 Å². The predicted octanol–water partition coefficient (Wildman–Crippen LogP) is -0.0226. The molecule has 86 valence electrons. The summed E-state index contributed by atoms with van der Waals surface area (Å²) in [7, 11) is -4.13. The molecule has 1 atom stereocenters. The first-order chi connectivity index (χ1) is 6.73. The molecule has 7 nitrogen and oxygen atoms in total. The Morgan fingerprint density at radius 2 is 1.53 bits per heavy atom. The molecular formula is C6H7O7S2-. The van der Waals surface area contributed by atoms with Crippen LogP contribution in [0.4, 0.5) is 0 Å². The molecule has 0 aliphatic carbocycles. The number of rotatable bonds is 1. The first kappa shape index (κ1) is 14.0. The van der Waals surface area contributed by atoms with Gasteiger partial charge in [0.2, 0.25) is 0 Å². The first-order valence-corrected chi connectivity index (χ1v) is 5.75. The van der Waals surface area contributed by atoms with Gasteiger partial charge in [-0.1, -0.05) is 0 Å². The van der Waals surface area contributed by atoms with Gasteiger partial charge in [-0.05, 0) is 24.3 Å². The van der Waals surface area contributed by atoms with E-state index in [9.17, 15) is 8.42 Å². The lowest BCUT2D eigenvalue weighted by atomic mass is 10.3. The summed E-state index contributed by atoms with van der Waals surface area (Å²) in [5, 5.41) is 8.75. The molecule has 1 aromatic carbocycles. The van der Waals surface area contributed by atoms with Crippen molar-refractivity contribution in [2.75, 3.05) is 0 Å². The van der Waals surface area contributed by atoms with Gasteiger partial charge in [-0.25, -0.2) is 4.21 Å². The summed E-state index contributed by atoms with van der Waals surface area (Å²) < 4.78 is 53.4. The molecule has 0 amide bonds. The van der Waals surface area contributed by atoms with E-state index in [0.29, 0.717) is 0 Å². The minimum Gasteiger partial charge on any atom is -0.750 e. The largest absolute Gasteiger partial charge is 0.750 e. The molecule has 0 spiro atoms. The molecule has 9 heteroatoms. The molecular weight excluding hydrogens is 248 g/mol. The number of phenols is 1. The second kappa shape index (κ2) is 5.78. The fourth-order valence-electron chi connectivity index (χ4n) is 0.618. The lowest BCUT2D eigenvalue weighted by Crippen LogP contribution is -1.96. The van der Waals surface area contributed by atoms with Crippen molar-refractivity contribution in [3.63, 3.8) is 0 Å². The lowest BCUT2D eigenvalue weighted by Gasteiger charge is -1.94. The zero-order valence-electron chi connectivity index (χ0n) is 7.10. The second-order valence-electron chi connectivity index (χ2n) is 2.19. The van der Waals surface area contributed by atoms with Crippen LogP contribution in [0.2, 0.25) is 0 Å². The van der Waals surface area contributed by atoms with Crippen molar-refractivity contribution in [3.05, 3.63) is 24.3 Å². The molecule has 0 heterocycles. The molecule has 3 N–H and O–H groups in total. The number of aromatic hydroxyl groups is 1. The Labute approximate surface area is 88.2 Å². The summed E-state index contributed by atoms with van der Waals surface area (Å²) in [5.74, 6) is -0.0441. The van der Waals surface area contributed by atoms with Gasteiger partial charge in [0.15, 0.2) is 0 Å². The van der Waals surface area contributed by atoms with E-state index in [0.717, 1.165) is 12.1 Å². The van der Waals surface area contributed by atoms with Crippen molar-refractivity contribution >= 4 is 21.5 Å². The molecule has 15 heavy (non-hydrogen) atoms. The number of phenolic OH excluding ortho intramolecular Hbond substituents is 1. The Kier molecular flexibility index (Phi) is 5.39. The Morgan fingerprint density at radius 3 is 1.80 bits per heavy atom. The molecule has 1 aromatic rings. The molecule has 0 aliphatic heterocycles. The summed E-state index contributed by atoms with van der Waals surface area (Å²) in [5.41, 5.74) is 0. The first-order valence-electron chi connectivity index (χ1n) is 3.28. The lowest BCUT2D eigenvalue weighted by molar-refractivity contribution is 0.436. The van der Waals surface area contributed by atoms with Crippen molar-refractivity contribution in [2.45, 2.75) is 4.90 Å². The van der Waals surface area contributed by atoms with Gasteiger partial charge in [-0.2, -0.15) is 8.42 Å². The van der Waals surface area contributed by atoms with Crippen LogP contribution in [0.25, 0.3) is 0 Å². The van der Waals surface area contributed by atoms with Gasteiger partial charge in [0.05, 0.1) is 16.3 Å². The van der Waals surface area contributed by atoms with E-state index in [1.165, 1.54) is 12.1 Å². The maximum absolute atomic E-state index is 10.4. The zero-order valence-corrected chi connectivity index (χ0v) is 8.73. The summed E-state index contributed by atoms with van der Waals surface area (Å²) in [4.78, 5) is -0.227. The highest BCUT2D eigenvalue weighted by molar-refractivity contribution is 7.85. The van der Waals surface area contributed by atoms with Crippen LogP contribution in [0.3, 0.4) is 0 Å². The normalized spacial score (nSPS) is 12.5. The highest BCUT2D eigenvalue weighted by Gasteiger charge is 2.07. The Hall–Kier alpha value is -1.00. The monoisotopic (exact) mass is 255 g/mol. The maximum Gasteiger partial charge on any atom is 0.294 e. The Bertz CT molecular complexity index is 417. The number of hydrogen-bond donors (Lipinski definition) is 3. The van der Waals surface area contributed by atoms with E-state index in [1.807, 2.05) is 0 Å². The van der Waals surface area contributed by atoms with E-state index >= 15 is 0 Å². The summed E-state index contributed by atoms with van der Waals surface area (Å²) >= 11 is -2.86. The molecule has 0 fully saturated rings. The highest BCUT2D eigenvalue weighted by Crippen LogP contribution is 2.13. The molecule has 1 rings (SSSR count). The summed E-state index contributed by atoms with van der Waals surface area (Å²) in [6, 6.07) is 4.60. The van der Waals surface area contributed by atoms with Crippen LogP contribution < -0.4 is 0 Å². The van der Waals surface area contributed by atoms with Crippen LogP contribution in [-0.4, -0.2) is 31.4 Å². The number of benzene rings is 1. The van der Waals surface area contributed by atoms with Gasteiger partial charge in [0.25, 0.3) is 10.1 Å². The fourth-order valence-corrected chi connectivity index (χ4v) is 1.10. The molecule has 0 saturated heterocycles. The minimum absolute atomic E-state index is 0.0441. The van der Waals surface area contributed by atoms with Crippen LogP contribution in [0.1, 0.15) is 0 Å². The van der Waals surface area contributed by atoms with E-state index < -0.39 is 21.5 Å². The Morgan fingerprint density at radius 1 is 1.20 bits per heavy atom. The summed E-state index contributed by atoms with van der Waals surface area (Å²) in [6.07, 6.45) is 0. The van der Waals surface area contributed by atoms with Crippen molar-refractivity contribution in [3.8, 4) is 5.75 Å². The standard InChI is InChI=1S/C6H6O4S.H2O3S/c7-5-1-3-6(4-2-5)11(8,9)10;1-4(2)3/h1-4,7H,(H,8,9,10);(H2,1,2,3)/p-1. The van der Waals surface area contributed by atoms with Crippen LogP contribution in [-0.2, 0) is 21.5 Å². The SMILES string of the molecule is O=S(=O)(O)c1ccc(O)cc1.O=S([O-])O. The van der Waals surface area contributed by atoms with Crippen molar-refractivity contribution < 1.29 is 31.4 Å². The van der Waals surface area contributed by atoms with Crippen molar-refractivity contribution in [2.24, 2.45) is 0 Å². The van der Waals surface area contributed by atoms with Crippen molar-refractivity contribution in [1.29, 1.82) is 0 Å². The predicted molar refractivity (Wildman–Crippen MR) is 49.5 cm³/mol. The van der Waals surface area contributed by atoms with Crippen LogP contribution >= 0.6 is 0 Å². The smallest absolute Gasteiger partial charge is 0.294 e. The average molecular weight is 255 g/mol. The van der Waals surface area contributed by atoms with Gasteiger partial charge in [0, 0.05) is 0 Å². The third kappa shape index (κ3) is 6.99.